The number of amides is 1. The molecule has 1 amide bonds. The van der Waals surface area contributed by atoms with Crippen LogP contribution in [0.5, 0.6) is 0 Å². The highest BCUT2D eigenvalue weighted by Crippen LogP contribution is 2.43. The zero-order chi connectivity index (χ0) is 57.2. The Labute approximate surface area is 482 Å². The first-order valence-electron chi connectivity index (χ1n) is 32.4. The van der Waals surface area contributed by atoms with Crippen molar-refractivity contribution in [2.75, 3.05) is 40.9 Å². The van der Waals surface area contributed by atoms with Crippen molar-refractivity contribution in [2.24, 2.45) is 0 Å². The first kappa shape index (κ1) is 75.2. The van der Waals surface area contributed by atoms with Crippen LogP contribution in [0.4, 0.5) is 0 Å². The van der Waals surface area contributed by atoms with Crippen LogP contribution in [-0.4, -0.2) is 74.3 Å². The molecule has 0 heterocycles. The molecule has 0 rings (SSSR count). The number of allylic oxidation sites excluding steroid dienone is 13. The predicted octanol–water partition coefficient (Wildman–Crippen LogP) is 20.2. The van der Waals surface area contributed by atoms with Gasteiger partial charge in [-0.05, 0) is 83.1 Å². The Morgan fingerprint density at radius 1 is 0.462 bits per heavy atom. The minimum Gasteiger partial charge on any atom is -0.456 e. The van der Waals surface area contributed by atoms with E-state index < -0.39 is 20.0 Å². The number of likely N-dealkylation sites (N-methyl/N-ethyl adjacent to an activating group) is 1. The summed E-state index contributed by atoms with van der Waals surface area (Å²) in [5, 5.41) is 3.06. The number of carbonyl (C=O) groups excluding carboxylic acids is 2. The van der Waals surface area contributed by atoms with Crippen molar-refractivity contribution in [2.45, 2.75) is 296 Å². The van der Waals surface area contributed by atoms with Gasteiger partial charge in [0.25, 0.3) is 0 Å². The number of nitrogens with zero attached hydrogens (tertiary/aromatic N) is 1. The van der Waals surface area contributed by atoms with Crippen molar-refractivity contribution in [3.63, 3.8) is 0 Å². The summed E-state index contributed by atoms with van der Waals surface area (Å²) in [4.78, 5) is 37.7. The molecule has 3 atom stereocenters. The van der Waals surface area contributed by atoms with Crippen molar-refractivity contribution in [3.05, 3.63) is 85.1 Å². The molecule has 10 heteroatoms. The molecule has 0 radical (unpaired) electrons. The standard InChI is InChI=1S/C68H123N2O7P/c1-7-10-13-16-19-22-25-28-29-30-31-32-33-34-35-36-37-38-39-40-41-43-45-48-51-54-57-60-67(71)69-65(64-76-78(73,74)75-63-62-70(4,5)6)66(59-56-53-50-47-44-27-24-21-18-15-12-9-3)77-68(72)61-58-55-52-49-46-42-26-23-20-17-14-11-8-2/h10,13,19,22,28-29,31-32,34-35,37-38,56,59,65-66H,7-9,11-12,14-18,20-21,23-27,30,33,36,39-55,57-58,60-64H2,1-6H3,(H-,69,71,73,74)/p+1/b13-10-,22-19-,29-28-,32-31-,35-34-,38-37-,59-56-. The van der Waals surface area contributed by atoms with E-state index in [4.69, 9.17) is 13.8 Å². The largest absolute Gasteiger partial charge is 0.472 e. The van der Waals surface area contributed by atoms with Crippen LogP contribution in [0.2, 0.25) is 0 Å². The Bertz CT molecular complexity index is 1610. The SMILES string of the molecule is CC/C=C\C/C=C\C/C=C\C/C=C\C/C=C\C/C=C\CCCCCCCCCCC(=O)NC(COP(=O)(O)OCC[N+](C)(C)C)C(/C=C\CCCCCCCCCCCC)OC(=O)CCCCCCCCCCCCCCC. The molecule has 0 aliphatic carbocycles. The van der Waals surface area contributed by atoms with Crippen LogP contribution in [0.15, 0.2) is 85.1 Å². The van der Waals surface area contributed by atoms with E-state index in [0.29, 0.717) is 17.4 Å². The third kappa shape index (κ3) is 57.9. The lowest BCUT2D eigenvalue weighted by Crippen LogP contribution is -2.47. The first-order valence-corrected chi connectivity index (χ1v) is 33.9. The monoisotopic (exact) mass is 1110 g/mol. The van der Waals surface area contributed by atoms with E-state index in [-0.39, 0.29) is 31.5 Å². The fraction of sp³-hybridized carbons (Fsp3) is 0.765. The summed E-state index contributed by atoms with van der Waals surface area (Å²) in [6, 6.07) is -0.854. The average molecular weight is 1110 g/mol. The number of hydrogen-bond acceptors (Lipinski definition) is 6. The van der Waals surface area contributed by atoms with Gasteiger partial charge >= 0.3 is 13.8 Å². The minimum absolute atomic E-state index is 0.0366. The summed E-state index contributed by atoms with van der Waals surface area (Å²) in [7, 11) is 1.49. The lowest BCUT2D eigenvalue weighted by molar-refractivity contribution is -0.870. The second-order valence-electron chi connectivity index (χ2n) is 22.9. The maximum Gasteiger partial charge on any atom is 0.472 e. The lowest BCUT2D eigenvalue weighted by atomic mass is 10.0. The number of unbranched alkanes of at least 4 members (excludes halogenated alkanes) is 30. The number of phosphoric acid groups is 1. The van der Waals surface area contributed by atoms with Crippen LogP contribution in [0, 0.1) is 0 Å². The zero-order valence-electron chi connectivity index (χ0n) is 51.6. The molecular weight excluding hydrogens is 988 g/mol. The van der Waals surface area contributed by atoms with Crippen LogP contribution in [0.3, 0.4) is 0 Å². The number of hydrogen-bond donors (Lipinski definition) is 2. The summed E-state index contributed by atoms with van der Waals surface area (Å²) < 4.78 is 30.7. The fourth-order valence-corrected chi connectivity index (χ4v) is 9.86. The van der Waals surface area contributed by atoms with Crippen LogP contribution >= 0.6 is 7.82 Å². The van der Waals surface area contributed by atoms with Gasteiger partial charge in [-0.1, -0.05) is 273 Å². The Morgan fingerprint density at radius 3 is 1.23 bits per heavy atom. The van der Waals surface area contributed by atoms with Gasteiger partial charge < -0.3 is 19.4 Å². The number of phosphoric ester groups is 1. The Hall–Kier alpha value is -2.81. The Kier molecular flexibility index (Phi) is 55.4. The molecular formula is C68H124N2O7P+. The second kappa shape index (κ2) is 57.4. The molecule has 0 aromatic heterocycles. The summed E-state index contributed by atoms with van der Waals surface area (Å²) in [6.45, 7) is 6.90. The van der Waals surface area contributed by atoms with Gasteiger partial charge in [0.15, 0.2) is 0 Å². The molecule has 78 heavy (non-hydrogen) atoms. The van der Waals surface area contributed by atoms with Gasteiger partial charge in [0, 0.05) is 12.8 Å². The molecule has 0 spiro atoms. The number of esters is 1. The smallest absolute Gasteiger partial charge is 0.456 e. The van der Waals surface area contributed by atoms with Crippen molar-refractivity contribution in [3.8, 4) is 0 Å². The van der Waals surface area contributed by atoms with E-state index in [9.17, 15) is 19.0 Å². The van der Waals surface area contributed by atoms with Crippen molar-refractivity contribution >= 4 is 19.7 Å². The molecule has 3 unspecified atom stereocenters. The summed E-state index contributed by atoms with van der Waals surface area (Å²) in [5.41, 5.74) is 0. The molecule has 0 aromatic rings. The molecule has 0 saturated carbocycles. The van der Waals surface area contributed by atoms with E-state index in [2.05, 4.69) is 99.0 Å². The normalized spacial score (nSPS) is 14.2. The average Bonchev–Trinajstić information content (AvgIpc) is 3.40. The van der Waals surface area contributed by atoms with E-state index in [1.54, 1.807) is 0 Å². The summed E-state index contributed by atoms with van der Waals surface area (Å²) in [5.74, 6) is -0.511. The predicted molar refractivity (Wildman–Crippen MR) is 337 cm³/mol. The van der Waals surface area contributed by atoms with Gasteiger partial charge in [0.2, 0.25) is 5.91 Å². The molecule has 0 aliphatic heterocycles. The number of rotatable bonds is 58. The van der Waals surface area contributed by atoms with E-state index in [1.807, 2.05) is 33.3 Å². The first-order chi connectivity index (χ1) is 37.9. The maximum atomic E-state index is 13.6. The molecule has 2 N–H and O–H groups in total. The summed E-state index contributed by atoms with van der Waals surface area (Å²) >= 11 is 0. The highest BCUT2D eigenvalue weighted by molar-refractivity contribution is 7.47. The number of ether oxygens (including phenoxy) is 1. The topological polar surface area (TPSA) is 111 Å². The zero-order valence-corrected chi connectivity index (χ0v) is 52.5. The third-order valence-electron chi connectivity index (χ3n) is 14.1. The highest BCUT2D eigenvalue weighted by Gasteiger charge is 2.30. The highest BCUT2D eigenvalue weighted by atomic mass is 31.2. The van der Waals surface area contributed by atoms with Gasteiger partial charge in [-0.15, -0.1) is 0 Å². The number of carbonyl (C=O) groups is 2. The molecule has 0 bridgehead atoms. The number of quaternary nitrogens is 1. The fourth-order valence-electron chi connectivity index (χ4n) is 9.12. The molecule has 0 saturated heterocycles. The Morgan fingerprint density at radius 2 is 0.821 bits per heavy atom. The molecule has 0 fully saturated rings. The molecule has 0 aliphatic rings. The van der Waals surface area contributed by atoms with E-state index in [0.717, 1.165) is 109 Å². The lowest BCUT2D eigenvalue weighted by Gasteiger charge is -2.27. The van der Waals surface area contributed by atoms with Crippen molar-refractivity contribution in [1.29, 1.82) is 0 Å². The maximum absolute atomic E-state index is 13.6. The molecule has 452 valence electrons. The Balaban J connectivity index is 5.10. The van der Waals surface area contributed by atoms with Gasteiger partial charge in [-0.25, -0.2) is 4.57 Å². The van der Waals surface area contributed by atoms with Crippen LogP contribution in [0.1, 0.15) is 284 Å². The second-order valence-corrected chi connectivity index (χ2v) is 24.4. The van der Waals surface area contributed by atoms with Crippen molar-refractivity contribution in [1.82, 2.24) is 5.32 Å². The van der Waals surface area contributed by atoms with Crippen LogP contribution < -0.4 is 5.32 Å². The van der Waals surface area contributed by atoms with Gasteiger partial charge in [-0.2, -0.15) is 0 Å². The van der Waals surface area contributed by atoms with Crippen LogP contribution in [0.25, 0.3) is 0 Å². The minimum atomic E-state index is -4.45. The third-order valence-corrected chi connectivity index (χ3v) is 15.1. The quantitative estimate of drug-likeness (QED) is 0.0205. The molecule has 0 aromatic carbocycles. The molecule has 9 nitrogen and oxygen atoms in total. The van der Waals surface area contributed by atoms with E-state index >= 15 is 0 Å². The van der Waals surface area contributed by atoms with Gasteiger partial charge in [0.05, 0.1) is 33.8 Å². The summed E-state index contributed by atoms with van der Waals surface area (Å²) in [6.07, 6.45) is 75.8. The van der Waals surface area contributed by atoms with Gasteiger partial charge in [0.1, 0.15) is 19.3 Å². The van der Waals surface area contributed by atoms with Crippen LogP contribution in [-0.2, 0) is 27.9 Å². The van der Waals surface area contributed by atoms with Gasteiger partial charge in [-0.3, -0.25) is 18.6 Å². The van der Waals surface area contributed by atoms with Crippen molar-refractivity contribution < 1.29 is 37.3 Å². The van der Waals surface area contributed by atoms with E-state index in [1.165, 1.54) is 141 Å². The number of nitrogens with one attached hydrogen (secondary N) is 1.